The first kappa shape index (κ1) is 22.4. The van der Waals surface area contributed by atoms with Crippen LogP contribution in [0.25, 0.3) is 16.2 Å². The molecule has 0 bridgehead atoms. The lowest BCUT2D eigenvalue weighted by atomic mass is 9.98. The lowest BCUT2D eigenvalue weighted by Gasteiger charge is -2.39. The number of carbonyl (C=O) groups excluding carboxylic acids is 1. The molecule has 0 aromatic carbocycles. The molecule has 1 saturated heterocycles. The van der Waals surface area contributed by atoms with Crippen LogP contribution in [0.3, 0.4) is 0 Å². The van der Waals surface area contributed by atoms with Crippen molar-refractivity contribution >= 4 is 34.1 Å². The number of hydrogen-bond donors (Lipinski definition) is 2. The van der Waals surface area contributed by atoms with Gasteiger partial charge in [-0.2, -0.15) is 0 Å². The second-order valence-corrected chi connectivity index (χ2v) is 8.87. The van der Waals surface area contributed by atoms with Gasteiger partial charge in [-0.1, -0.05) is 0 Å². The molecule has 1 fully saturated rings. The van der Waals surface area contributed by atoms with Crippen molar-refractivity contribution in [3.8, 4) is 5.13 Å². The summed E-state index contributed by atoms with van der Waals surface area (Å²) in [7, 11) is 0. The SMILES string of the molecule is CCOC[C@@H](C)NC(=O)C1CN(c2cc(C)c3c(=O)c(CO)cn(-c4nccs4)c3n2)C1. The Kier molecular flexibility index (Phi) is 6.54. The molecule has 170 valence electrons. The maximum atomic E-state index is 12.9. The Morgan fingerprint density at radius 1 is 1.44 bits per heavy atom. The van der Waals surface area contributed by atoms with Crippen molar-refractivity contribution in [1.82, 2.24) is 19.9 Å². The lowest BCUT2D eigenvalue weighted by Crippen LogP contribution is -2.55. The molecule has 10 heteroatoms. The summed E-state index contributed by atoms with van der Waals surface area (Å²) in [6.07, 6.45) is 3.29. The van der Waals surface area contributed by atoms with E-state index in [9.17, 15) is 14.7 Å². The van der Waals surface area contributed by atoms with Gasteiger partial charge in [-0.05, 0) is 32.4 Å². The molecule has 3 aromatic rings. The van der Waals surface area contributed by atoms with Gasteiger partial charge in [0.2, 0.25) is 5.91 Å². The fourth-order valence-corrected chi connectivity index (χ4v) is 4.43. The van der Waals surface area contributed by atoms with Crippen molar-refractivity contribution in [2.45, 2.75) is 33.4 Å². The van der Waals surface area contributed by atoms with Crippen LogP contribution in [0.5, 0.6) is 0 Å². The number of aliphatic hydroxyl groups is 1. The highest BCUT2D eigenvalue weighted by Crippen LogP contribution is 2.28. The summed E-state index contributed by atoms with van der Waals surface area (Å²) in [5.74, 6) is 0.607. The third kappa shape index (κ3) is 4.25. The van der Waals surface area contributed by atoms with E-state index in [0.717, 1.165) is 5.56 Å². The third-order valence-electron chi connectivity index (χ3n) is 5.55. The number of anilines is 1. The van der Waals surface area contributed by atoms with Crippen molar-refractivity contribution in [2.24, 2.45) is 5.92 Å². The molecule has 9 nitrogen and oxygen atoms in total. The molecule has 32 heavy (non-hydrogen) atoms. The molecule has 0 saturated carbocycles. The molecule has 1 aliphatic rings. The molecule has 1 aliphatic heterocycles. The van der Waals surface area contributed by atoms with Crippen molar-refractivity contribution < 1.29 is 14.6 Å². The van der Waals surface area contributed by atoms with E-state index in [4.69, 9.17) is 9.72 Å². The Bertz CT molecular complexity index is 1170. The number of thiazole rings is 1. The number of nitrogens with one attached hydrogen (secondary N) is 1. The first-order valence-corrected chi connectivity index (χ1v) is 11.5. The van der Waals surface area contributed by atoms with Crippen molar-refractivity contribution in [3.63, 3.8) is 0 Å². The highest BCUT2D eigenvalue weighted by Gasteiger charge is 2.34. The third-order valence-corrected chi connectivity index (χ3v) is 6.32. The molecule has 4 rings (SSSR count). The normalized spacial score (nSPS) is 15.1. The zero-order valence-corrected chi connectivity index (χ0v) is 19.2. The minimum Gasteiger partial charge on any atom is -0.391 e. The first-order valence-electron chi connectivity index (χ1n) is 10.6. The summed E-state index contributed by atoms with van der Waals surface area (Å²) in [6, 6.07) is 1.83. The number of pyridine rings is 2. The molecule has 1 amide bonds. The van der Waals surface area contributed by atoms with Crippen LogP contribution in [0.4, 0.5) is 5.82 Å². The van der Waals surface area contributed by atoms with E-state index in [1.807, 2.05) is 37.1 Å². The molecule has 0 unspecified atom stereocenters. The van der Waals surface area contributed by atoms with Gasteiger partial charge in [-0.3, -0.25) is 14.2 Å². The Morgan fingerprint density at radius 3 is 2.88 bits per heavy atom. The number of amides is 1. The fourth-order valence-electron chi connectivity index (χ4n) is 3.81. The van der Waals surface area contributed by atoms with Crippen LogP contribution < -0.4 is 15.6 Å². The highest BCUT2D eigenvalue weighted by atomic mass is 32.1. The van der Waals surface area contributed by atoms with Crippen molar-refractivity contribution in [3.05, 3.63) is 45.2 Å². The van der Waals surface area contributed by atoms with E-state index in [2.05, 4.69) is 10.3 Å². The first-order chi connectivity index (χ1) is 15.4. The number of nitrogens with zero attached hydrogens (tertiary/aromatic N) is 4. The fraction of sp³-hybridized carbons (Fsp3) is 0.455. The van der Waals surface area contributed by atoms with Gasteiger partial charge in [0.15, 0.2) is 16.2 Å². The number of aryl methyl sites for hydroxylation is 1. The number of fused-ring (bicyclic) bond motifs is 1. The number of aliphatic hydroxyl groups excluding tert-OH is 1. The molecular weight excluding hydrogens is 430 g/mol. The zero-order valence-electron chi connectivity index (χ0n) is 18.4. The van der Waals surface area contributed by atoms with Crippen LogP contribution in [0, 0.1) is 12.8 Å². The molecular formula is C22H27N5O4S. The van der Waals surface area contributed by atoms with E-state index >= 15 is 0 Å². The predicted molar refractivity (Wildman–Crippen MR) is 123 cm³/mol. The van der Waals surface area contributed by atoms with Crippen LogP contribution in [0.1, 0.15) is 25.0 Å². The molecule has 0 aliphatic carbocycles. The molecule has 4 heterocycles. The highest BCUT2D eigenvalue weighted by molar-refractivity contribution is 7.12. The summed E-state index contributed by atoms with van der Waals surface area (Å²) >= 11 is 1.42. The van der Waals surface area contributed by atoms with Gasteiger partial charge in [-0.15, -0.1) is 11.3 Å². The van der Waals surface area contributed by atoms with Gasteiger partial charge in [0, 0.05) is 49.1 Å². The molecule has 2 N–H and O–H groups in total. The Morgan fingerprint density at radius 2 is 2.22 bits per heavy atom. The van der Waals surface area contributed by atoms with Gasteiger partial charge in [-0.25, -0.2) is 9.97 Å². The summed E-state index contributed by atoms with van der Waals surface area (Å²) in [5.41, 5.74) is 1.34. The Balaban J connectivity index is 1.60. The lowest BCUT2D eigenvalue weighted by molar-refractivity contribution is -0.126. The van der Waals surface area contributed by atoms with E-state index < -0.39 is 0 Å². The number of rotatable bonds is 8. The Labute approximate surface area is 189 Å². The molecule has 0 radical (unpaired) electrons. The van der Waals surface area contributed by atoms with Gasteiger partial charge in [0.05, 0.1) is 24.5 Å². The second-order valence-electron chi connectivity index (χ2n) is 7.99. The topological polar surface area (TPSA) is 110 Å². The van der Waals surface area contributed by atoms with Crippen LogP contribution in [-0.4, -0.2) is 57.9 Å². The number of carbonyl (C=O) groups is 1. The smallest absolute Gasteiger partial charge is 0.226 e. The summed E-state index contributed by atoms with van der Waals surface area (Å²) in [4.78, 5) is 36.5. The van der Waals surface area contributed by atoms with Crippen molar-refractivity contribution in [1.29, 1.82) is 0 Å². The zero-order chi connectivity index (χ0) is 22.8. The maximum Gasteiger partial charge on any atom is 0.226 e. The van der Waals surface area contributed by atoms with Crippen LogP contribution in [0.2, 0.25) is 0 Å². The minimum atomic E-state index is -0.355. The molecule has 3 aromatic heterocycles. The average Bonchev–Trinajstić information content (AvgIpc) is 3.25. The summed E-state index contributed by atoms with van der Waals surface area (Å²) in [5, 5.41) is 15.6. The van der Waals surface area contributed by atoms with Crippen LogP contribution in [-0.2, 0) is 16.1 Å². The number of aromatic nitrogens is 3. The molecule has 1 atom stereocenters. The monoisotopic (exact) mass is 457 g/mol. The minimum absolute atomic E-state index is 0.0123. The van der Waals surface area contributed by atoms with Gasteiger partial charge in [0.25, 0.3) is 0 Å². The van der Waals surface area contributed by atoms with E-state index in [1.54, 1.807) is 17.0 Å². The summed E-state index contributed by atoms with van der Waals surface area (Å²) < 4.78 is 7.11. The second kappa shape index (κ2) is 9.35. The van der Waals surface area contributed by atoms with Crippen LogP contribution in [0.15, 0.2) is 28.6 Å². The number of hydrogen-bond acceptors (Lipinski definition) is 8. The predicted octanol–water partition coefficient (Wildman–Crippen LogP) is 1.62. The largest absolute Gasteiger partial charge is 0.391 e. The van der Waals surface area contributed by atoms with E-state index in [0.29, 0.717) is 53.8 Å². The summed E-state index contributed by atoms with van der Waals surface area (Å²) in [6.45, 7) is 7.59. The van der Waals surface area contributed by atoms with Crippen LogP contribution >= 0.6 is 11.3 Å². The van der Waals surface area contributed by atoms with E-state index in [-0.39, 0.29) is 29.9 Å². The average molecular weight is 458 g/mol. The maximum absolute atomic E-state index is 12.9. The standard InChI is InChI=1S/C22H27N5O4S/c1-4-31-12-14(3)24-21(30)15-8-26(9-15)17-7-13(2)18-19(29)16(11-28)10-27(20(18)25-17)22-23-5-6-32-22/h5-7,10,14-15,28H,4,8-9,11-12H2,1-3H3,(H,24,30)/t14-/m1/s1. The van der Waals surface area contributed by atoms with E-state index in [1.165, 1.54) is 11.3 Å². The van der Waals surface area contributed by atoms with Gasteiger partial charge in [0.1, 0.15) is 5.82 Å². The molecule has 0 spiro atoms. The van der Waals surface area contributed by atoms with Crippen molar-refractivity contribution in [2.75, 3.05) is 31.2 Å². The van der Waals surface area contributed by atoms with Gasteiger partial charge < -0.3 is 20.1 Å². The Hall–Kier alpha value is -2.82. The quantitative estimate of drug-likeness (QED) is 0.529. The number of ether oxygens (including phenoxy) is 1. The van der Waals surface area contributed by atoms with Gasteiger partial charge >= 0.3 is 0 Å².